The quantitative estimate of drug-likeness (QED) is 0.547. The highest BCUT2D eigenvalue weighted by molar-refractivity contribution is 7.13. The third-order valence-corrected chi connectivity index (χ3v) is 4.83. The van der Waals surface area contributed by atoms with Gasteiger partial charge in [0.1, 0.15) is 0 Å². The molecule has 0 radical (unpaired) electrons. The van der Waals surface area contributed by atoms with Crippen molar-refractivity contribution < 1.29 is 18.8 Å². The van der Waals surface area contributed by atoms with Crippen molar-refractivity contribution in [2.75, 3.05) is 13.7 Å². The lowest BCUT2D eigenvalue weighted by Gasteiger charge is -2.12. The van der Waals surface area contributed by atoms with Crippen LogP contribution in [0, 0.1) is 0 Å². The number of nitrogens with one attached hydrogen (secondary N) is 1. The first-order valence-electron chi connectivity index (χ1n) is 8.79. The topological polar surface area (TPSA) is 73.6 Å². The maximum atomic E-state index is 12.3. The van der Waals surface area contributed by atoms with Crippen LogP contribution >= 0.6 is 11.3 Å². The smallest absolute Gasteiger partial charge is 0.273 e. The van der Waals surface area contributed by atoms with Crippen molar-refractivity contribution in [3.05, 3.63) is 53.0 Å². The Morgan fingerprint density at radius 3 is 2.89 bits per heavy atom. The van der Waals surface area contributed by atoms with Crippen molar-refractivity contribution in [3.63, 3.8) is 0 Å². The van der Waals surface area contributed by atoms with Crippen LogP contribution < -0.4 is 14.8 Å². The molecule has 1 amide bonds. The molecule has 1 aromatic carbocycles. The normalized spacial score (nSPS) is 10.6. The second-order valence-corrected chi connectivity index (χ2v) is 6.87. The monoisotopic (exact) mass is 386 g/mol. The summed E-state index contributed by atoms with van der Waals surface area (Å²) in [5.41, 5.74) is 1.16. The van der Waals surface area contributed by atoms with Gasteiger partial charge < -0.3 is 19.3 Å². The molecule has 0 fully saturated rings. The van der Waals surface area contributed by atoms with Crippen LogP contribution in [0.2, 0.25) is 0 Å². The summed E-state index contributed by atoms with van der Waals surface area (Å²) in [7, 11) is 1.60. The van der Waals surface area contributed by atoms with Crippen LogP contribution in [0.5, 0.6) is 11.5 Å². The second-order valence-electron chi connectivity index (χ2n) is 5.92. The number of hydrogen-bond acceptors (Lipinski definition) is 6. The molecule has 1 N–H and O–H groups in total. The van der Waals surface area contributed by atoms with Crippen molar-refractivity contribution in [2.24, 2.45) is 0 Å². The summed E-state index contributed by atoms with van der Waals surface area (Å²) >= 11 is 1.53. The average molecular weight is 386 g/mol. The number of unbranched alkanes of at least 4 members (excludes halogenated alkanes) is 1. The Hall–Kier alpha value is -2.80. The van der Waals surface area contributed by atoms with Gasteiger partial charge in [0.2, 0.25) is 0 Å². The number of benzene rings is 1. The molecule has 0 atom stereocenters. The number of nitrogens with zero attached hydrogens (tertiary/aromatic N) is 1. The summed E-state index contributed by atoms with van der Waals surface area (Å²) < 4.78 is 16.4. The first-order chi connectivity index (χ1) is 13.2. The number of aromatic nitrogens is 1. The molecule has 0 bridgehead atoms. The van der Waals surface area contributed by atoms with E-state index in [9.17, 15) is 4.79 Å². The molecule has 3 aromatic rings. The van der Waals surface area contributed by atoms with Gasteiger partial charge in [0.05, 0.1) is 18.6 Å². The van der Waals surface area contributed by atoms with Gasteiger partial charge in [-0.15, -0.1) is 11.3 Å². The highest BCUT2D eigenvalue weighted by atomic mass is 32.1. The van der Waals surface area contributed by atoms with E-state index in [-0.39, 0.29) is 11.6 Å². The fraction of sp³-hybridized carbons (Fsp3) is 0.300. The van der Waals surface area contributed by atoms with Gasteiger partial charge in [-0.05, 0) is 35.6 Å². The molecule has 0 aliphatic heterocycles. The van der Waals surface area contributed by atoms with Gasteiger partial charge in [-0.25, -0.2) is 0 Å². The van der Waals surface area contributed by atoms with Crippen LogP contribution in [0.15, 0.2) is 46.3 Å². The zero-order chi connectivity index (χ0) is 19.1. The van der Waals surface area contributed by atoms with Crippen molar-refractivity contribution >= 4 is 17.2 Å². The molecule has 7 heteroatoms. The summed E-state index contributed by atoms with van der Waals surface area (Å²) in [6.07, 6.45) is 2.06. The number of methoxy groups -OCH3 is 1. The van der Waals surface area contributed by atoms with Crippen molar-refractivity contribution in [1.82, 2.24) is 10.5 Å². The number of hydrogen-bond donors (Lipinski definition) is 1. The minimum absolute atomic E-state index is 0.255. The van der Waals surface area contributed by atoms with E-state index >= 15 is 0 Å². The van der Waals surface area contributed by atoms with E-state index in [0.29, 0.717) is 30.4 Å². The molecule has 0 unspecified atom stereocenters. The molecule has 0 aliphatic rings. The number of carbonyl (C=O) groups excluding carboxylic acids is 1. The Kier molecular flexibility index (Phi) is 6.49. The summed E-state index contributed by atoms with van der Waals surface area (Å²) in [4.78, 5) is 13.2. The number of thiophene rings is 1. The third-order valence-electron chi connectivity index (χ3n) is 3.94. The fourth-order valence-electron chi connectivity index (χ4n) is 2.46. The van der Waals surface area contributed by atoms with E-state index in [1.54, 1.807) is 13.2 Å². The number of amides is 1. The maximum Gasteiger partial charge on any atom is 0.273 e. The van der Waals surface area contributed by atoms with E-state index in [1.807, 2.05) is 35.7 Å². The van der Waals surface area contributed by atoms with E-state index in [0.717, 1.165) is 23.3 Å². The highest BCUT2D eigenvalue weighted by Crippen LogP contribution is 2.28. The van der Waals surface area contributed by atoms with E-state index in [4.69, 9.17) is 14.0 Å². The Bertz CT molecular complexity index is 874. The molecule has 0 saturated heterocycles. The van der Waals surface area contributed by atoms with Crippen LogP contribution in [-0.4, -0.2) is 24.8 Å². The van der Waals surface area contributed by atoms with E-state index < -0.39 is 0 Å². The molecule has 0 saturated carbocycles. The van der Waals surface area contributed by atoms with Gasteiger partial charge in [-0.2, -0.15) is 0 Å². The predicted octanol–water partition coefficient (Wildman–Crippen LogP) is 4.52. The summed E-state index contributed by atoms with van der Waals surface area (Å²) in [6, 6.07) is 11.1. The molecule has 27 heavy (non-hydrogen) atoms. The van der Waals surface area contributed by atoms with Gasteiger partial charge in [-0.1, -0.05) is 30.6 Å². The standard InChI is InChI=1S/C20H22N2O4S/c1-3-4-9-25-16-8-7-14(11-17(16)24-2)13-21-20(23)15-12-18(26-22-15)19-6-5-10-27-19/h5-8,10-12H,3-4,9,13H2,1-2H3,(H,21,23). The van der Waals surface area contributed by atoms with Crippen LogP contribution in [-0.2, 0) is 6.54 Å². The molecule has 2 heterocycles. The number of ether oxygens (including phenoxy) is 2. The Balaban J connectivity index is 1.60. The van der Waals surface area contributed by atoms with Gasteiger partial charge in [-0.3, -0.25) is 4.79 Å². The lowest BCUT2D eigenvalue weighted by molar-refractivity contribution is 0.0942. The molecule has 3 rings (SSSR count). The highest BCUT2D eigenvalue weighted by Gasteiger charge is 2.14. The van der Waals surface area contributed by atoms with Crippen molar-refractivity contribution in [2.45, 2.75) is 26.3 Å². The molecule has 6 nitrogen and oxygen atoms in total. The Morgan fingerprint density at radius 1 is 1.26 bits per heavy atom. The van der Waals surface area contributed by atoms with Gasteiger partial charge in [0, 0.05) is 12.6 Å². The van der Waals surface area contributed by atoms with Crippen LogP contribution in [0.4, 0.5) is 0 Å². The zero-order valence-corrected chi connectivity index (χ0v) is 16.2. The summed E-state index contributed by atoms with van der Waals surface area (Å²) in [5, 5.41) is 8.64. The van der Waals surface area contributed by atoms with Crippen molar-refractivity contribution in [1.29, 1.82) is 0 Å². The molecule has 142 valence electrons. The second kappa shape index (κ2) is 9.23. The molecular formula is C20H22N2O4S. The van der Waals surface area contributed by atoms with Crippen molar-refractivity contribution in [3.8, 4) is 22.1 Å². The van der Waals surface area contributed by atoms with Crippen LogP contribution in [0.25, 0.3) is 10.6 Å². The molecular weight excluding hydrogens is 364 g/mol. The Labute approximate surface area is 162 Å². The SMILES string of the molecule is CCCCOc1ccc(CNC(=O)c2cc(-c3cccs3)on2)cc1OC. The molecule has 2 aromatic heterocycles. The average Bonchev–Trinajstić information content (AvgIpc) is 3.38. The van der Waals surface area contributed by atoms with Crippen LogP contribution in [0.3, 0.4) is 0 Å². The lowest BCUT2D eigenvalue weighted by Crippen LogP contribution is -2.23. The summed E-state index contributed by atoms with van der Waals surface area (Å²) in [5.74, 6) is 1.66. The molecule has 0 spiro atoms. The third kappa shape index (κ3) is 4.89. The molecule has 0 aliphatic carbocycles. The van der Waals surface area contributed by atoms with Gasteiger partial charge in [0.25, 0.3) is 5.91 Å². The first-order valence-corrected chi connectivity index (χ1v) is 9.67. The van der Waals surface area contributed by atoms with E-state index in [1.165, 1.54) is 11.3 Å². The predicted molar refractivity (Wildman–Crippen MR) is 104 cm³/mol. The number of carbonyl (C=O) groups is 1. The van der Waals surface area contributed by atoms with Crippen LogP contribution in [0.1, 0.15) is 35.8 Å². The minimum Gasteiger partial charge on any atom is -0.493 e. The first kappa shape index (κ1) is 19.0. The number of rotatable bonds is 9. The Morgan fingerprint density at radius 2 is 2.15 bits per heavy atom. The lowest BCUT2D eigenvalue weighted by atomic mass is 10.2. The minimum atomic E-state index is -0.288. The largest absolute Gasteiger partial charge is 0.493 e. The van der Waals surface area contributed by atoms with E-state index in [2.05, 4.69) is 17.4 Å². The van der Waals surface area contributed by atoms with Gasteiger partial charge in [0.15, 0.2) is 23.0 Å². The maximum absolute atomic E-state index is 12.3. The van der Waals surface area contributed by atoms with Gasteiger partial charge >= 0.3 is 0 Å². The zero-order valence-electron chi connectivity index (χ0n) is 15.4. The fourth-order valence-corrected chi connectivity index (χ4v) is 3.13. The summed E-state index contributed by atoms with van der Waals surface area (Å²) in [6.45, 7) is 3.12.